The van der Waals surface area contributed by atoms with E-state index in [2.05, 4.69) is 21.9 Å². The molecule has 1 aliphatic heterocycles. The summed E-state index contributed by atoms with van der Waals surface area (Å²) in [7, 11) is 0. The number of ether oxygens (including phenoxy) is 1. The third-order valence-electron chi connectivity index (χ3n) is 3.42. The van der Waals surface area contributed by atoms with Crippen LogP contribution in [0.1, 0.15) is 23.2 Å². The van der Waals surface area contributed by atoms with Crippen LogP contribution in [0.4, 0.5) is 0 Å². The summed E-state index contributed by atoms with van der Waals surface area (Å²) >= 11 is 3.40. The van der Waals surface area contributed by atoms with Crippen LogP contribution in [-0.2, 0) is 4.74 Å². The average Bonchev–Trinajstić information content (AvgIpc) is 2.47. The molecular formula is C16H18BrNO2. The van der Waals surface area contributed by atoms with Gasteiger partial charge in [0.05, 0.1) is 6.61 Å². The largest absolute Gasteiger partial charge is 0.368 e. The standard InChI is InChI=1S/C16H18BrNO2/c1-2-9-20-12-13-5-4-8-18(11-13)16(19)14-6-3-7-15(17)10-14/h1,3,6-7,10,13H,4-5,8-9,11-12H2. The van der Waals surface area contributed by atoms with Gasteiger partial charge in [-0.3, -0.25) is 4.79 Å². The molecule has 0 aromatic heterocycles. The van der Waals surface area contributed by atoms with Crippen LogP contribution < -0.4 is 0 Å². The second-order valence-corrected chi connectivity index (χ2v) is 5.90. The minimum Gasteiger partial charge on any atom is -0.368 e. The van der Waals surface area contributed by atoms with Gasteiger partial charge in [0.15, 0.2) is 0 Å². The van der Waals surface area contributed by atoms with E-state index >= 15 is 0 Å². The molecule has 0 saturated carbocycles. The highest BCUT2D eigenvalue weighted by Crippen LogP contribution is 2.20. The van der Waals surface area contributed by atoms with E-state index in [1.54, 1.807) is 0 Å². The first kappa shape index (κ1) is 15.1. The Hall–Kier alpha value is -1.31. The Morgan fingerprint density at radius 3 is 3.15 bits per heavy atom. The van der Waals surface area contributed by atoms with Gasteiger partial charge in [0.2, 0.25) is 0 Å². The van der Waals surface area contributed by atoms with Crippen molar-refractivity contribution in [1.82, 2.24) is 4.90 Å². The van der Waals surface area contributed by atoms with Crippen LogP contribution in [0.2, 0.25) is 0 Å². The molecule has 106 valence electrons. The molecule has 2 rings (SSSR count). The van der Waals surface area contributed by atoms with Crippen molar-refractivity contribution in [3.63, 3.8) is 0 Å². The summed E-state index contributed by atoms with van der Waals surface area (Å²) in [4.78, 5) is 14.4. The lowest BCUT2D eigenvalue weighted by Gasteiger charge is -2.32. The molecule has 1 amide bonds. The van der Waals surface area contributed by atoms with Gasteiger partial charge < -0.3 is 9.64 Å². The monoisotopic (exact) mass is 335 g/mol. The van der Waals surface area contributed by atoms with Crippen molar-refractivity contribution >= 4 is 21.8 Å². The number of halogens is 1. The highest BCUT2D eigenvalue weighted by molar-refractivity contribution is 9.10. The molecule has 1 saturated heterocycles. The Morgan fingerprint density at radius 2 is 2.40 bits per heavy atom. The second-order valence-electron chi connectivity index (χ2n) is 4.99. The summed E-state index contributed by atoms with van der Waals surface area (Å²) in [6.45, 7) is 2.54. The number of piperidine rings is 1. The van der Waals surface area contributed by atoms with Gasteiger partial charge in [-0.2, -0.15) is 0 Å². The van der Waals surface area contributed by atoms with Crippen molar-refractivity contribution in [3.8, 4) is 12.3 Å². The van der Waals surface area contributed by atoms with Gasteiger partial charge in [-0.05, 0) is 31.0 Å². The Morgan fingerprint density at radius 1 is 1.55 bits per heavy atom. The Labute approximate surface area is 128 Å². The summed E-state index contributed by atoms with van der Waals surface area (Å²) in [5.41, 5.74) is 0.726. The maximum absolute atomic E-state index is 12.5. The fourth-order valence-electron chi connectivity index (χ4n) is 2.47. The molecule has 0 radical (unpaired) electrons. The van der Waals surface area contributed by atoms with E-state index in [1.807, 2.05) is 29.2 Å². The first-order chi connectivity index (χ1) is 9.70. The Balaban J connectivity index is 1.95. The third kappa shape index (κ3) is 4.09. The molecule has 1 aromatic carbocycles. The Kier molecular flexibility index (Phi) is 5.63. The van der Waals surface area contributed by atoms with Crippen LogP contribution in [0.15, 0.2) is 28.7 Å². The van der Waals surface area contributed by atoms with Gasteiger partial charge in [-0.25, -0.2) is 0 Å². The van der Waals surface area contributed by atoms with Gasteiger partial charge in [0.1, 0.15) is 6.61 Å². The highest BCUT2D eigenvalue weighted by Gasteiger charge is 2.24. The van der Waals surface area contributed by atoms with E-state index in [1.165, 1.54) is 0 Å². The van der Waals surface area contributed by atoms with Gasteiger partial charge in [-0.15, -0.1) is 6.42 Å². The SMILES string of the molecule is C#CCOCC1CCCN(C(=O)c2cccc(Br)c2)C1. The number of hydrogen-bond acceptors (Lipinski definition) is 2. The quantitative estimate of drug-likeness (QED) is 0.625. The molecule has 1 heterocycles. The molecule has 3 nitrogen and oxygen atoms in total. The summed E-state index contributed by atoms with van der Waals surface area (Å²) < 4.78 is 6.32. The van der Waals surface area contributed by atoms with Crippen molar-refractivity contribution in [1.29, 1.82) is 0 Å². The molecule has 4 heteroatoms. The minimum absolute atomic E-state index is 0.0907. The third-order valence-corrected chi connectivity index (χ3v) is 3.91. The Bertz CT molecular complexity index is 509. The smallest absolute Gasteiger partial charge is 0.253 e. The van der Waals surface area contributed by atoms with Crippen LogP contribution in [0.5, 0.6) is 0 Å². The molecule has 0 bridgehead atoms. The summed E-state index contributed by atoms with van der Waals surface area (Å²) in [6.07, 6.45) is 7.27. The van der Waals surface area contributed by atoms with Crippen LogP contribution in [0, 0.1) is 18.3 Å². The molecule has 1 aromatic rings. The first-order valence-electron chi connectivity index (χ1n) is 6.76. The van der Waals surface area contributed by atoms with Crippen molar-refractivity contribution in [3.05, 3.63) is 34.3 Å². The van der Waals surface area contributed by atoms with E-state index in [0.29, 0.717) is 19.1 Å². The fourth-order valence-corrected chi connectivity index (χ4v) is 2.87. The average molecular weight is 336 g/mol. The second kappa shape index (κ2) is 7.47. The van der Waals surface area contributed by atoms with E-state index in [4.69, 9.17) is 11.2 Å². The van der Waals surface area contributed by atoms with Crippen LogP contribution >= 0.6 is 15.9 Å². The van der Waals surface area contributed by atoms with Crippen molar-refractivity contribution in [2.45, 2.75) is 12.8 Å². The van der Waals surface area contributed by atoms with Crippen LogP contribution in [0.3, 0.4) is 0 Å². The predicted octanol–water partition coefficient (Wildman–Crippen LogP) is 2.95. The summed E-state index contributed by atoms with van der Waals surface area (Å²) in [6, 6.07) is 7.52. The number of likely N-dealkylation sites (tertiary alicyclic amines) is 1. The maximum atomic E-state index is 12.5. The predicted molar refractivity (Wildman–Crippen MR) is 82.4 cm³/mol. The lowest BCUT2D eigenvalue weighted by molar-refractivity contribution is 0.0534. The number of amides is 1. The number of nitrogens with zero attached hydrogens (tertiary/aromatic N) is 1. The lowest BCUT2D eigenvalue weighted by Crippen LogP contribution is -2.41. The fraction of sp³-hybridized carbons (Fsp3) is 0.438. The van der Waals surface area contributed by atoms with Gasteiger partial charge >= 0.3 is 0 Å². The van der Waals surface area contributed by atoms with Crippen LogP contribution in [0.25, 0.3) is 0 Å². The summed E-state index contributed by atoms with van der Waals surface area (Å²) in [5, 5.41) is 0. The molecule has 0 N–H and O–H groups in total. The number of carbonyl (C=O) groups excluding carboxylic acids is 1. The zero-order valence-corrected chi connectivity index (χ0v) is 12.9. The number of benzene rings is 1. The zero-order valence-electron chi connectivity index (χ0n) is 11.3. The highest BCUT2D eigenvalue weighted by atomic mass is 79.9. The van der Waals surface area contributed by atoms with Crippen molar-refractivity contribution < 1.29 is 9.53 Å². The van der Waals surface area contributed by atoms with Crippen molar-refractivity contribution in [2.24, 2.45) is 5.92 Å². The van der Waals surface area contributed by atoms with Gasteiger partial charge in [0, 0.05) is 29.0 Å². The van der Waals surface area contributed by atoms with E-state index < -0.39 is 0 Å². The molecule has 1 fully saturated rings. The molecule has 0 spiro atoms. The topological polar surface area (TPSA) is 29.5 Å². The molecule has 1 aliphatic rings. The summed E-state index contributed by atoms with van der Waals surface area (Å²) in [5.74, 6) is 2.94. The molecular weight excluding hydrogens is 318 g/mol. The number of terminal acetylenes is 1. The lowest BCUT2D eigenvalue weighted by atomic mass is 9.98. The van der Waals surface area contributed by atoms with Crippen LogP contribution in [-0.4, -0.2) is 37.1 Å². The van der Waals surface area contributed by atoms with Gasteiger partial charge in [0.25, 0.3) is 5.91 Å². The maximum Gasteiger partial charge on any atom is 0.253 e. The van der Waals surface area contributed by atoms with Gasteiger partial charge in [-0.1, -0.05) is 27.9 Å². The zero-order chi connectivity index (χ0) is 14.4. The van der Waals surface area contributed by atoms with E-state index in [0.717, 1.165) is 36.0 Å². The molecule has 0 aliphatic carbocycles. The first-order valence-corrected chi connectivity index (χ1v) is 7.56. The number of hydrogen-bond donors (Lipinski definition) is 0. The molecule has 1 atom stereocenters. The number of carbonyl (C=O) groups is 1. The van der Waals surface area contributed by atoms with E-state index in [9.17, 15) is 4.79 Å². The number of rotatable bonds is 4. The van der Waals surface area contributed by atoms with E-state index in [-0.39, 0.29) is 5.91 Å². The molecule has 20 heavy (non-hydrogen) atoms. The minimum atomic E-state index is 0.0907. The normalized spacial score (nSPS) is 18.6. The van der Waals surface area contributed by atoms with Crippen molar-refractivity contribution in [2.75, 3.05) is 26.3 Å². The molecule has 1 unspecified atom stereocenters.